The Morgan fingerprint density at radius 1 is 1.11 bits per heavy atom. The number of carboxylic acid groups (broad SMARTS) is 1. The fourth-order valence-electron chi connectivity index (χ4n) is 4.80. The van der Waals surface area contributed by atoms with E-state index in [0.717, 1.165) is 49.8 Å². The lowest BCUT2D eigenvalue weighted by Gasteiger charge is -2.33. The van der Waals surface area contributed by atoms with Crippen molar-refractivity contribution in [2.24, 2.45) is 5.41 Å². The van der Waals surface area contributed by atoms with Crippen LogP contribution in [0.1, 0.15) is 57.9 Å². The van der Waals surface area contributed by atoms with E-state index < -0.39 is 21.4 Å². The molecule has 3 heterocycles. The third kappa shape index (κ3) is 6.48. The summed E-state index contributed by atoms with van der Waals surface area (Å²) in [6.07, 6.45) is 6.07. The van der Waals surface area contributed by atoms with Gasteiger partial charge in [0.1, 0.15) is 5.82 Å². The molecule has 0 saturated carbocycles. The summed E-state index contributed by atoms with van der Waals surface area (Å²) in [6, 6.07) is 13.0. The summed E-state index contributed by atoms with van der Waals surface area (Å²) in [5, 5.41) is 12.0. The zero-order valence-corrected chi connectivity index (χ0v) is 22.9. The molecule has 198 valence electrons. The molecule has 4 rings (SSSR count). The van der Waals surface area contributed by atoms with E-state index in [0.29, 0.717) is 18.8 Å². The summed E-state index contributed by atoms with van der Waals surface area (Å²) < 4.78 is 29.1. The van der Waals surface area contributed by atoms with E-state index in [1.807, 2.05) is 35.4 Å². The Morgan fingerprint density at radius 2 is 1.89 bits per heavy atom. The molecule has 2 aromatic heterocycles. The Bertz CT molecular complexity index is 1340. The van der Waals surface area contributed by atoms with Gasteiger partial charge in [0.2, 0.25) is 0 Å². The van der Waals surface area contributed by atoms with Crippen LogP contribution in [-0.2, 0) is 21.2 Å². The third-order valence-electron chi connectivity index (χ3n) is 6.81. The van der Waals surface area contributed by atoms with E-state index >= 15 is 0 Å². The molecule has 1 aliphatic heterocycles. The van der Waals surface area contributed by atoms with Crippen LogP contribution >= 0.6 is 11.3 Å². The number of anilines is 2. The summed E-state index contributed by atoms with van der Waals surface area (Å²) in [7, 11) is -3.99. The fourth-order valence-corrected chi connectivity index (χ4v) is 6.73. The Hall–Kier alpha value is -2.98. The smallest absolute Gasteiger partial charge is 0.311 e. The second-order valence-electron chi connectivity index (χ2n) is 9.84. The summed E-state index contributed by atoms with van der Waals surface area (Å²) in [4.78, 5) is 23.1. The number of thiazole rings is 1. The maximum Gasteiger partial charge on any atom is 0.311 e. The van der Waals surface area contributed by atoms with E-state index in [9.17, 15) is 18.3 Å². The molecule has 0 amide bonds. The number of benzene rings is 1. The zero-order chi connectivity index (χ0) is 26.5. The number of nitrogens with zero attached hydrogens (tertiary/aromatic N) is 3. The summed E-state index contributed by atoms with van der Waals surface area (Å²) in [6.45, 7) is 4.57. The molecule has 3 aromatic rings. The lowest BCUT2D eigenvalue weighted by Crippen LogP contribution is -2.42. The van der Waals surface area contributed by atoms with Crippen LogP contribution < -0.4 is 9.62 Å². The van der Waals surface area contributed by atoms with E-state index in [1.54, 1.807) is 19.1 Å². The van der Waals surface area contributed by atoms with Crippen molar-refractivity contribution in [1.29, 1.82) is 0 Å². The molecule has 0 aliphatic carbocycles. The van der Waals surface area contributed by atoms with Gasteiger partial charge in [0.25, 0.3) is 10.0 Å². The molecular formula is C27H34N4O4S2. The number of aromatic nitrogens is 2. The number of aryl methyl sites for hydroxylation is 1. The Kier molecular flexibility index (Phi) is 8.49. The minimum absolute atomic E-state index is 0.121. The normalized spacial score (nSPS) is 17.6. The van der Waals surface area contributed by atoms with Gasteiger partial charge in [0.05, 0.1) is 11.1 Å². The van der Waals surface area contributed by atoms with Crippen molar-refractivity contribution in [2.45, 2.75) is 63.8 Å². The minimum atomic E-state index is -3.99. The molecule has 1 atom stereocenters. The van der Waals surface area contributed by atoms with Crippen LogP contribution in [0.15, 0.2) is 52.9 Å². The lowest BCUT2D eigenvalue weighted by molar-refractivity contribution is -0.147. The number of carbonyl (C=O) groups is 1. The molecule has 0 spiro atoms. The van der Waals surface area contributed by atoms with E-state index in [1.165, 1.54) is 23.0 Å². The van der Waals surface area contributed by atoms with E-state index in [-0.39, 0.29) is 16.7 Å². The van der Waals surface area contributed by atoms with Crippen LogP contribution in [-0.4, -0.2) is 42.6 Å². The van der Waals surface area contributed by atoms with Crippen LogP contribution in [0.4, 0.5) is 10.9 Å². The number of pyridine rings is 1. The number of carboxylic acids is 1. The molecule has 4 bridgehead atoms. The van der Waals surface area contributed by atoms with Gasteiger partial charge in [0, 0.05) is 24.0 Å². The second-order valence-corrected chi connectivity index (χ2v) is 12.3. The number of nitrogens with one attached hydrogen (secondary N) is 1. The molecule has 0 radical (unpaired) electrons. The van der Waals surface area contributed by atoms with Crippen molar-refractivity contribution < 1.29 is 18.3 Å². The standard InChI is InChI=1S/C27H34N4O4S2/c1-3-16-27(2,25(32)33)19-31-17-9-5-4-6-11-20-12-7-8-13-21(20)22-18-36-26(28-22)30-37(34,35)24-15-10-14-23(31)29-24/h7-8,10,12-15,18H,3-6,9,11,16-17,19H2,1-2H3,(H,28,30)(H,32,33)/t27-/m0/s1. The van der Waals surface area contributed by atoms with Gasteiger partial charge in [-0.15, -0.1) is 11.3 Å². The quantitative estimate of drug-likeness (QED) is 0.418. The van der Waals surface area contributed by atoms with E-state index in [2.05, 4.69) is 20.8 Å². The van der Waals surface area contributed by atoms with Crippen molar-refractivity contribution in [2.75, 3.05) is 22.7 Å². The molecule has 10 heteroatoms. The Labute approximate surface area is 222 Å². The predicted octanol–water partition coefficient (Wildman–Crippen LogP) is 5.82. The van der Waals surface area contributed by atoms with Crippen molar-refractivity contribution in [3.8, 4) is 11.3 Å². The van der Waals surface area contributed by atoms with Crippen LogP contribution in [0, 0.1) is 5.41 Å². The van der Waals surface area contributed by atoms with Gasteiger partial charge < -0.3 is 10.0 Å². The van der Waals surface area contributed by atoms with Gasteiger partial charge in [-0.2, -0.15) is 8.42 Å². The summed E-state index contributed by atoms with van der Waals surface area (Å²) >= 11 is 1.24. The van der Waals surface area contributed by atoms with Gasteiger partial charge in [0.15, 0.2) is 10.2 Å². The molecule has 8 nitrogen and oxygen atoms in total. The van der Waals surface area contributed by atoms with Gasteiger partial charge in [-0.25, -0.2) is 9.97 Å². The first-order chi connectivity index (χ1) is 17.7. The van der Waals surface area contributed by atoms with Gasteiger partial charge in [-0.1, -0.05) is 56.5 Å². The highest BCUT2D eigenvalue weighted by atomic mass is 32.2. The molecule has 0 saturated heterocycles. The number of hydrogen-bond acceptors (Lipinski definition) is 7. The number of rotatable bonds is 5. The average molecular weight is 543 g/mol. The molecule has 0 unspecified atom stereocenters. The first-order valence-corrected chi connectivity index (χ1v) is 15.1. The van der Waals surface area contributed by atoms with Crippen molar-refractivity contribution in [3.05, 3.63) is 53.4 Å². The highest BCUT2D eigenvalue weighted by Gasteiger charge is 2.35. The molecule has 37 heavy (non-hydrogen) atoms. The number of aliphatic carboxylic acids is 1. The highest BCUT2D eigenvalue weighted by molar-refractivity contribution is 7.92. The van der Waals surface area contributed by atoms with Crippen LogP contribution in [0.5, 0.6) is 0 Å². The molecule has 1 aromatic carbocycles. The zero-order valence-electron chi connectivity index (χ0n) is 21.3. The van der Waals surface area contributed by atoms with E-state index in [4.69, 9.17) is 0 Å². The lowest BCUT2D eigenvalue weighted by atomic mass is 9.85. The minimum Gasteiger partial charge on any atom is -0.481 e. The SMILES string of the molecule is CCC[C@@](C)(CN1CCCCCCc2ccccc2-c2csc(n2)NS(=O)(=O)c2cccc1n2)C(=O)O. The van der Waals surface area contributed by atoms with Crippen LogP contribution in [0.3, 0.4) is 0 Å². The molecule has 1 aliphatic rings. The monoisotopic (exact) mass is 542 g/mol. The molecule has 0 fully saturated rings. The predicted molar refractivity (Wildman–Crippen MR) is 148 cm³/mol. The van der Waals surface area contributed by atoms with Gasteiger partial charge in [-0.3, -0.25) is 9.52 Å². The first kappa shape index (κ1) is 27.1. The topological polar surface area (TPSA) is 112 Å². The van der Waals surface area contributed by atoms with Gasteiger partial charge >= 0.3 is 5.97 Å². The molecular weight excluding hydrogens is 508 g/mol. The van der Waals surface area contributed by atoms with Gasteiger partial charge in [-0.05, 0) is 50.3 Å². The number of sulfonamides is 1. The van der Waals surface area contributed by atoms with Crippen LogP contribution in [0.25, 0.3) is 11.3 Å². The van der Waals surface area contributed by atoms with Crippen molar-refractivity contribution in [1.82, 2.24) is 9.97 Å². The van der Waals surface area contributed by atoms with Crippen molar-refractivity contribution >= 4 is 38.3 Å². The number of hydrogen-bond donors (Lipinski definition) is 2. The summed E-state index contributed by atoms with van der Waals surface area (Å²) in [5.74, 6) is -0.399. The fraction of sp³-hybridized carbons (Fsp3) is 0.444. The first-order valence-electron chi connectivity index (χ1n) is 12.7. The second kappa shape index (κ2) is 11.6. The van der Waals surface area contributed by atoms with Crippen LogP contribution in [0.2, 0.25) is 0 Å². The summed E-state index contributed by atoms with van der Waals surface area (Å²) in [5.41, 5.74) is 1.99. The Balaban J connectivity index is 1.70. The largest absolute Gasteiger partial charge is 0.481 e. The highest BCUT2D eigenvalue weighted by Crippen LogP contribution is 2.31. The van der Waals surface area contributed by atoms with Crippen molar-refractivity contribution in [3.63, 3.8) is 0 Å². The number of fused-ring (bicyclic) bond motifs is 6. The average Bonchev–Trinajstić information content (AvgIpc) is 3.33. The Morgan fingerprint density at radius 3 is 2.68 bits per heavy atom. The maximum atomic E-state index is 13.2. The molecule has 2 N–H and O–H groups in total. The third-order valence-corrected chi connectivity index (χ3v) is 8.94. The maximum absolute atomic E-state index is 13.2.